The van der Waals surface area contributed by atoms with Crippen LogP contribution in [0.1, 0.15) is 18.9 Å². The van der Waals surface area contributed by atoms with Crippen LogP contribution in [0.3, 0.4) is 0 Å². The molecule has 1 nitrogen and oxygen atoms in total. The molecule has 1 rings (SSSR count). The smallest absolute Gasteiger partial charge is 0.122 e. The Bertz CT molecular complexity index is 317. The van der Waals surface area contributed by atoms with Gasteiger partial charge in [0.1, 0.15) is 5.75 Å². The van der Waals surface area contributed by atoms with E-state index in [9.17, 15) is 0 Å². The molecule has 0 spiro atoms. The SMILES string of the molecule is CCSCCC(CBr)Cc1ccccc1OC. The molecule has 0 N–H and O–H groups in total. The van der Waals surface area contributed by atoms with Crippen LogP contribution >= 0.6 is 27.7 Å². The van der Waals surface area contributed by atoms with Crippen molar-refractivity contribution in [1.29, 1.82) is 0 Å². The predicted molar refractivity (Wildman–Crippen MR) is 81.6 cm³/mol. The molecular formula is C14H21BrOS. The Hall–Kier alpha value is -0.150. The van der Waals surface area contributed by atoms with Crippen LogP contribution < -0.4 is 4.74 Å². The van der Waals surface area contributed by atoms with Gasteiger partial charge in [-0.3, -0.25) is 0 Å². The molecule has 0 aromatic heterocycles. The second-order valence-electron chi connectivity index (χ2n) is 4.02. The highest BCUT2D eigenvalue weighted by atomic mass is 79.9. The maximum absolute atomic E-state index is 5.40. The van der Waals surface area contributed by atoms with Crippen molar-refractivity contribution in [2.24, 2.45) is 5.92 Å². The summed E-state index contributed by atoms with van der Waals surface area (Å²) in [4.78, 5) is 0. The number of hydrogen-bond acceptors (Lipinski definition) is 2. The molecule has 0 heterocycles. The fraction of sp³-hybridized carbons (Fsp3) is 0.571. The van der Waals surface area contributed by atoms with Crippen molar-refractivity contribution in [1.82, 2.24) is 0 Å². The first-order chi connectivity index (χ1) is 8.31. The number of para-hydroxylation sites is 1. The summed E-state index contributed by atoms with van der Waals surface area (Å²) < 4.78 is 5.40. The molecule has 3 heteroatoms. The first-order valence-electron chi connectivity index (χ1n) is 6.07. The third-order valence-electron chi connectivity index (χ3n) is 2.79. The van der Waals surface area contributed by atoms with E-state index in [2.05, 4.69) is 35.0 Å². The topological polar surface area (TPSA) is 9.23 Å². The third kappa shape index (κ3) is 5.35. The monoisotopic (exact) mass is 316 g/mol. The third-order valence-corrected chi connectivity index (χ3v) is 4.64. The van der Waals surface area contributed by atoms with Gasteiger partial charge >= 0.3 is 0 Å². The zero-order valence-electron chi connectivity index (χ0n) is 10.6. The molecule has 96 valence electrons. The van der Waals surface area contributed by atoms with E-state index in [0.29, 0.717) is 5.92 Å². The number of rotatable bonds is 8. The lowest BCUT2D eigenvalue weighted by atomic mass is 9.98. The minimum atomic E-state index is 0.699. The van der Waals surface area contributed by atoms with Gasteiger partial charge in [0, 0.05) is 5.33 Å². The van der Waals surface area contributed by atoms with E-state index in [0.717, 1.165) is 17.5 Å². The highest BCUT2D eigenvalue weighted by molar-refractivity contribution is 9.09. The molecule has 0 aliphatic rings. The number of methoxy groups -OCH3 is 1. The average molecular weight is 317 g/mol. The Labute approximate surface area is 117 Å². The second kappa shape index (κ2) is 8.87. The number of ether oxygens (including phenoxy) is 1. The second-order valence-corrected chi connectivity index (χ2v) is 6.06. The van der Waals surface area contributed by atoms with Gasteiger partial charge in [-0.1, -0.05) is 41.1 Å². The zero-order valence-corrected chi connectivity index (χ0v) is 13.0. The minimum Gasteiger partial charge on any atom is -0.496 e. The Balaban J connectivity index is 2.54. The van der Waals surface area contributed by atoms with Gasteiger partial charge in [0.15, 0.2) is 0 Å². The molecule has 0 saturated heterocycles. The molecule has 1 aromatic rings. The Morgan fingerprint density at radius 3 is 2.76 bits per heavy atom. The summed E-state index contributed by atoms with van der Waals surface area (Å²) in [5, 5.41) is 1.06. The molecule has 0 aliphatic carbocycles. The van der Waals surface area contributed by atoms with Gasteiger partial charge < -0.3 is 4.74 Å². The largest absolute Gasteiger partial charge is 0.496 e. The van der Waals surface area contributed by atoms with E-state index in [1.54, 1.807) is 7.11 Å². The Kier molecular flexibility index (Phi) is 7.78. The summed E-state index contributed by atoms with van der Waals surface area (Å²) in [6.45, 7) is 2.22. The Morgan fingerprint density at radius 1 is 1.35 bits per heavy atom. The van der Waals surface area contributed by atoms with Crippen LogP contribution in [-0.4, -0.2) is 23.9 Å². The molecule has 0 radical (unpaired) electrons. The fourth-order valence-electron chi connectivity index (χ4n) is 1.81. The lowest BCUT2D eigenvalue weighted by molar-refractivity contribution is 0.405. The maximum atomic E-state index is 5.40. The number of benzene rings is 1. The summed E-state index contributed by atoms with van der Waals surface area (Å²) in [6, 6.07) is 8.32. The van der Waals surface area contributed by atoms with Crippen LogP contribution in [0.4, 0.5) is 0 Å². The molecule has 0 fully saturated rings. The summed E-state index contributed by atoms with van der Waals surface area (Å²) in [5.74, 6) is 4.18. The van der Waals surface area contributed by atoms with Crippen molar-refractivity contribution in [3.8, 4) is 5.75 Å². The molecule has 1 unspecified atom stereocenters. The van der Waals surface area contributed by atoms with E-state index in [1.165, 1.54) is 23.5 Å². The predicted octanol–water partition coefficient (Wildman–Crippen LogP) is 4.39. The Morgan fingerprint density at radius 2 is 2.12 bits per heavy atom. The van der Waals surface area contributed by atoms with Gasteiger partial charge in [0.2, 0.25) is 0 Å². The van der Waals surface area contributed by atoms with Crippen LogP contribution in [0.15, 0.2) is 24.3 Å². The molecule has 0 bridgehead atoms. The molecule has 1 aromatic carbocycles. The lowest BCUT2D eigenvalue weighted by Crippen LogP contribution is -2.08. The van der Waals surface area contributed by atoms with Crippen LogP contribution in [0.25, 0.3) is 0 Å². The van der Waals surface area contributed by atoms with E-state index < -0.39 is 0 Å². The molecule has 1 atom stereocenters. The first-order valence-corrected chi connectivity index (χ1v) is 8.35. The molecule has 17 heavy (non-hydrogen) atoms. The van der Waals surface area contributed by atoms with Gasteiger partial charge in [-0.15, -0.1) is 0 Å². The summed E-state index contributed by atoms with van der Waals surface area (Å²) >= 11 is 5.64. The van der Waals surface area contributed by atoms with Crippen molar-refractivity contribution >= 4 is 27.7 Å². The van der Waals surface area contributed by atoms with Crippen molar-refractivity contribution in [3.63, 3.8) is 0 Å². The molecule has 0 amide bonds. The molecular weight excluding hydrogens is 296 g/mol. The minimum absolute atomic E-state index is 0.699. The summed E-state index contributed by atoms with van der Waals surface area (Å²) in [6.07, 6.45) is 2.36. The molecule has 0 saturated carbocycles. The van der Waals surface area contributed by atoms with Crippen LogP contribution in [0.2, 0.25) is 0 Å². The number of thioether (sulfide) groups is 1. The number of hydrogen-bond donors (Lipinski definition) is 0. The van der Waals surface area contributed by atoms with E-state index >= 15 is 0 Å². The van der Waals surface area contributed by atoms with Gasteiger partial charge in [0.25, 0.3) is 0 Å². The van der Waals surface area contributed by atoms with Crippen LogP contribution in [0.5, 0.6) is 5.75 Å². The lowest BCUT2D eigenvalue weighted by Gasteiger charge is -2.15. The van der Waals surface area contributed by atoms with Gasteiger partial charge in [-0.2, -0.15) is 11.8 Å². The van der Waals surface area contributed by atoms with Crippen molar-refractivity contribution in [3.05, 3.63) is 29.8 Å². The van der Waals surface area contributed by atoms with Crippen LogP contribution in [-0.2, 0) is 6.42 Å². The van der Waals surface area contributed by atoms with Crippen molar-refractivity contribution in [2.75, 3.05) is 23.9 Å². The van der Waals surface area contributed by atoms with E-state index in [1.807, 2.05) is 23.9 Å². The van der Waals surface area contributed by atoms with E-state index in [4.69, 9.17) is 4.74 Å². The average Bonchev–Trinajstić information content (AvgIpc) is 2.38. The quantitative estimate of drug-likeness (QED) is 0.519. The highest BCUT2D eigenvalue weighted by Gasteiger charge is 2.11. The van der Waals surface area contributed by atoms with Gasteiger partial charge in [-0.05, 0) is 41.9 Å². The first kappa shape index (κ1) is 14.9. The van der Waals surface area contributed by atoms with Crippen molar-refractivity contribution in [2.45, 2.75) is 19.8 Å². The van der Waals surface area contributed by atoms with E-state index in [-0.39, 0.29) is 0 Å². The molecule has 0 aliphatic heterocycles. The number of alkyl halides is 1. The summed E-state index contributed by atoms with van der Waals surface area (Å²) in [7, 11) is 1.74. The fourth-order valence-corrected chi connectivity index (χ4v) is 3.15. The normalized spacial score (nSPS) is 12.4. The van der Waals surface area contributed by atoms with Crippen molar-refractivity contribution < 1.29 is 4.74 Å². The van der Waals surface area contributed by atoms with Gasteiger partial charge in [0.05, 0.1) is 7.11 Å². The van der Waals surface area contributed by atoms with Crippen LogP contribution in [0, 0.1) is 5.92 Å². The van der Waals surface area contributed by atoms with Gasteiger partial charge in [-0.25, -0.2) is 0 Å². The highest BCUT2D eigenvalue weighted by Crippen LogP contribution is 2.24. The standard InChI is InChI=1S/C14H21BrOS/c1-3-17-9-8-12(11-15)10-13-6-4-5-7-14(13)16-2/h4-7,12H,3,8-11H2,1-2H3. The summed E-state index contributed by atoms with van der Waals surface area (Å²) in [5.41, 5.74) is 1.32. The number of halogens is 1. The zero-order chi connectivity index (χ0) is 12.5. The maximum Gasteiger partial charge on any atom is 0.122 e.